The lowest BCUT2D eigenvalue weighted by Gasteiger charge is -2.13. The third kappa shape index (κ3) is 5.53. The molecule has 0 bridgehead atoms. The number of nitrogens with two attached hydrogens (primary N) is 1. The second-order valence-corrected chi connectivity index (χ2v) is 3.16. The summed E-state index contributed by atoms with van der Waals surface area (Å²) in [7, 11) is 0. The number of hydrogen-bond donors (Lipinski definition) is 3. The van der Waals surface area contributed by atoms with Crippen LogP contribution in [0.5, 0.6) is 0 Å². The lowest BCUT2D eigenvalue weighted by Crippen LogP contribution is -2.43. The van der Waals surface area contributed by atoms with E-state index in [4.69, 9.17) is 10.8 Å². The van der Waals surface area contributed by atoms with E-state index in [-0.39, 0.29) is 6.54 Å². The van der Waals surface area contributed by atoms with Gasteiger partial charge in [-0.05, 0) is 6.42 Å². The van der Waals surface area contributed by atoms with Crippen molar-refractivity contribution < 1.29 is 14.7 Å². The molecule has 1 amide bonds. The molecular weight excluding hydrogens is 184 g/mol. The van der Waals surface area contributed by atoms with Crippen LogP contribution in [-0.2, 0) is 9.59 Å². The van der Waals surface area contributed by atoms with E-state index in [1.54, 1.807) is 0 Å². The number of carboxylic acid groups (broad SMARTS) is 1. The number of amides is 1. The summed E-state index contributed by atoms with van der Waals surface area (Å²) in [5, 5.41) is 11.1. The number of hydrogen-bond acceptors (Lipinski definition) is 3. The first-order valence-corrected chi connectivity index (χ1v) is 4.84. The molecule has 0 aromatic rings. The number of carboxylic acids is 1. The fraction of sp³-hybridized carbons (Fsp3) is 0.778. The average molecular weight is 202 g/mol. The van der Waals surface area contributed by atoms with E-state index in [2.05, 4.69) is 5.32 Å². The number of carbonyl (C=O) groups is 2. The Morgan fingerprint density at radius 3 is 2.50 bits per heavy atom. The predicted octanol–water partition coefficient (Wildman–Crippen LogP) is 0.0948. The van der Waals surface area contributed by atoms with Crippen molar-refractivity contribution in [3.8, 4) is 0 Å². The van der Waals surface area contributed by atoms with Gasteiger partial charge in [0.05, 0.1) is 6.54 Å². The van der Waals surface area contributed by atoms with Gasteiger partial charge in [-0.25, -0.2) is 4.79 Å². The molecule has 0 aliphatic heterocycles. The Bertz CT molecular complexity index is 194. The summed E-state index contributed by atoms with van der Waals surface area (Å²) in [5.41, 5.74) is 5.07. The maximum atomic E-state index is 10.9. The highest BCUT2D eigenvalue weighted by molar-refractivity contribution is 5.84. The summed E-state index contributed by atoms with van der Waals surface area (Å²) in [6, 6.07) is -0.794. The predicted molar refractivity (Wildman–Crippen MR) is 52.8 cm³/mol. The first-order valence-electron chi connectivity index (χ1n) is 4.84. The minimum atomic E-state index is -0.997. The highest BCUT2D eigenvalue weighted by atomic mass is 16.4. The monoisotopic (exact) mass is 202 g/mol. The smallest absolute Gasteiger partial charge is 0.326 e. The van der Waals surface area contributed by atoms with Gasteiger partial charge in [-0.1, -0.05) is 26.2 Å². The van der Waals surface area contributed by atoms with E-state index in [0.717, 1.165) is 19.3 Å². The summed E-state index contributed by atoms with van der Waals surface area (Å²) in [4.78, 5) is 21.5. The lowest BCUT2D eigenvalue weighted by atomic mass is 10.1. The Kier molecular flexibility index (Phi) is 6.74. The van der Waals surface area contributed by atoms with E-state index in [1.807, 2.05) is 6.92 Å². The van der Waals surface area contributed by atoms with Gasteiger partial charge in [-0.3, -0.25) is 4.79 Å². The van der Waals surface area contributed by atoms with Gasteiger partial charge in [-0.15, -0.1) is 0 Å². The molecule has 0 rings (SSSR count). The first kappa shape index (κ1) is 12.9. The second-order valence-electron chi connectivity index (χ2n) is 3.16. The second kappa shape index (κ2) is 7.32. The van der Waals surface area contributed by atoms with Crippen molar-refractivity contribution in [2.24, 2.45) is 5.73 Å². The van der Waals surface area contributed by atoms with E-state index >= 15 is 0 Å². The molecule has 5 nitrogen and oxygen atoms in total. The minimum absolute atomic E-state index is 0.169. The van der Waals surface area contributed by atoms with Crippen LogP contribution >= 0.6 is 0 Å². The molecule has 0 unspecified atom stereocenters. The normalized spacial score (nSPS) is 12.1. The molecule has 0 heterocycles. The van der Waals surface area contributed by atoms with Crippen LogP contribution in [0.4, 0.5) is 0 Å². The van der Waals surface area contributed by atoms with Crippen LogP contribution in [0.15, 0.2) is 0 Å². The number of rotatable bonds is 7. The van der Waals surface area contributed by atoms with Crippen LogP contribution in [0.2, 0.25) is 0 Å². The average Bonchev–Trinajstić information content (AvgIpc) is 2.16. The molecule has 0 aromatic carbocycles. The van der Waals surface area contributed by atoms with Crippen molar-refractivity contribution in [1.82, 2.24) is 5.32 Å². The van der Waals surface area contributed by atoms with Gasteiger partial charge in [0.2, 0.25) is 5.91 Å². The molecule has 0 aliphatic carbocycles. The molecule has 0 spiro atoms. The lowest BCUT2D eigenvalue weighted by molar-refractivity contribution is -0.141. The van der Waals surface area contributed by atoms with Crippen LogP contribution in [0.3, 0.4) is 0 Å². The molecule has 0 aromatic heterocycles. The zero-order valence-corrected chi connectivity index (χ0v) is 8.45. The largest absolute Gasteiger partial charge is 0.480 e. The summed E-state index contributed by atoms with van der Waals surface area (Å²) >= 11 is 0. The Hall–Kier alpha value is -1.10. The topological polar surface area (TPSA) is 92.4 Å². The van der Waals surface area contributed by atoms with Crippen molar-refractivity contribution in [2.75, 3.05) is 6.54 Å². The highest BCUT2D eigenvalue weighted by Crippen LogP contribution is 2.03. The standard InChI is InChI=1S/C9H18N2O3/c1-2-3-4-5-7(9(13)14)11-8(12)6-10/h7H,2-6,10H2,1H3,(H,11,12)(H,13,14)/t7-/m0/s1. The molecule has 0 fully saturated rings. The Balaban J connectivity index is 3.90. The fourth-order valence-corrected chi connectivity index (χ4v) is 1.11. The quantitative estimate of drug-likeness (QED) is 0.510. The molecule has 4 N–H and O–H groups in total. The van der Waals surface area contributed by atoms with E-state index in [9.17, 15) is 9.59 Å². The van der Waals surface area contributed by atoms with Gasteiger partial charge in [0, 0.05) is 0 Å². The van der Waals surface area contributed by atoms with Crippen LogP contribution in [0.25, 0.3) is 0 Å². The van der Waals surface area contributed by atoms with Crippen molar-refractivity contribution >= 4 is 11.9 Å². The molecule has 0 saturated heterocycles. The van der Waals surface area contributed by atoms with Crippen molar-refractivity contribution in [3.05, 3.63) is 0 Å². The molecule has 5 heteroatoms. The van der Waals surface area contributed by atoms with Gasteiger partial charge in [0.1, 0.15) is 6.04 Å². The van der Waals surface area contributed by atoms with E-state index < -0.39 is 17.9 Å². The Morgan fingerprint density at radius 1 is 1.43 bits per heavy atom. The molecule has 1 atom stereocenters. The van der Waals surface area contributed by atoms with Crippen LogP contribution in [0, 0.1) is 0 Å². The Morgan fingerprint density at radius 2 is 2.07 bits per heavy atom. The first-order chi connectivity index (χ1) is 6.61. The molecule has 14 heavy (non-hydrogen) atoms. The van der Waals surface area contributed by atoms with Gasteiger partial charge in [0.25, 0.3) is 0 Å². The number of aliphatic carboxylic acids is 1. The maximum absolute atomic E-state index is 10.9. The Labute approximate surface area is 83.7 Å². The molecule has 82 valence electrons. The van der Waals surface area contributed by atoms with Gasteiger partial charge >= 0.3 is 5.97 Å². The summed E-state index contributed by atoms with van der Waals surface area (Å²) < 4.78 is 0. The number of carbonyl (C=O) groups excluding carboxylic acids is 1. The number of unbranched alkanes of at least 4 members (excludes halogenated alkanes) is 2. The SMILES string of the molecule is CCCCC[C@H](NC(=O)CN)C(=O)O. The third-order valence-corrected chi connectivity index (χ3v) is 1.92. The molecule has 0 aliphatic rings. The molecule has 0 radical (unpaired) electrons. The highest BCUT2D eigenvalue weighted by Gasteiger charge is 2.18. The molecular formula is C9H18N2O3. The van der Waals surface area contributed by atoms with Gasteiger partial charge < -0.3 is 16.2 Å². The third-order valence-electron chi connectivity index (χ3n) is 1.92. The van der Waals surface area contributed by atoms with Crippen LogP contribution in [0.1, 0.15) is 32.6 Å². The summed E-state index contributed by atoms with van der Waals surface area (Å²) in [5.74, 6) is -1.42. The molecule has 0 saturated carbocycles. The van der Waals surface area contributed by atoms with Crippen molar-refractivity contribution in [2.45, 2.75) is 38.6 Å². The van der Waals surface area contributed by atoms with Gasteiger partial charge in [-0.2, -0.15) is 0 Å². The van der Waals surface area contributed by atoms with Crippen LogP contribution < -0.4 is 11.1 Å². The van der Waals surface area contributed by atoms with Crippen molar-refractivity contribution in [3.63, 3.8) is 0 Å². The summed E-state index contributed by atoms with van der Waals surface area (Å²) in [6.45, 7) is 1.87. The zero-order chi connectivity index (χ0) is 11.0. The van der Waals surface area contributed by atoms with Crippen LogP contribution in [-0.4, -0.2) is 29.6 Å². The van der Waals surface area contributed by atoms with Crippen molar-refractivity contribution in [1.29, 1.82) is 0 Å². The zero-order valence-electron chi connectivity index (χ0n) is 8.45. The maximum Gasteiger partial charge on any atom is 0.326 e. The van der Waals surface area contributed by atoms with Gasteiger partial charge in [0.15, 0.2) is 0 Å². The van der Waals surface area contributed by atoms with E-state index in [0.29, 0.717) is 6.42 Å². The number of nitrogens with one attached hydrogen (secondary N) is 1. The van der Waals surface area contributed by atoms with E-state index in [1.165, 1.54) is 0 Å². The fourth-order valence-electron chi connectivity index (χ4n) is 1.11. The minimum Gasteiger partial charge on any atom is -0.480 e. The summed E-state index contributed by atoms with van der Waals surface area (Å²) in [6.07, 6.45) is 3.27.